The zero-order valence-electron chi connectivity index (χ0n) is 15.7. The number of benzene rings is 1. The maximum Gasteiger partial charge on any atom is 0.341 e. The van der Waals surface area contributed by atoms with Crippen molar-refractivity contribution in [2.45, 2.75) is 37.8 Å². The lowest BCUT2D eigenvalue weighted by molar-refractivity contribution is 0.0598. The van der Waals surface area contributed by atoms with Gasteiger partial charge in [-0.3, -0.25) is 0 Å². The highest BCUT2D eigenvalue weighted by atomic mass is 35.5. The van der Waals surface area contributed by atoms with Crippen LogP contribution in [0.1, 0.15) is 53.1 Å². The number of nitrogens with two attached hydrogens (primary N) is 1. The fraction of sp³-hybridized carbons (Fsp3) is 0.389. The molecule has 7 nitrogen and oxygen atoms in total. The number of carbonyl (C=O) groups is 1. The van der Waals surface area contributed by atoms with Crippen LogP contribution in [-0.2, 0) is 14.8 Å². The molecule has 9 heteroatoms. The molecule has 0 fully saturated rings. The molecule has 0 amide bonds. The number of ether oxygens (including phenoxy) is 1. The van der Waals surface area contributed by atoms with Crippen LogP contribution in [0.4, 0.5) is 0 Å². The van der Waals surface area contributed by atoms with E-state index in [0.29, 0.717) is 5.92 Å². The van der Waals surface area contributed by atoms with E-state index in [2.05, 4.69) is 23.3 Å². The highest BCUT2D eigenvalue weighted by Crippen LogP contribution is 2.21. The van der Waals surface area contributed by atoms with Gasteiger partial charge in [-0.25, -0.2) is 17.9 Å². The number of esters is 1. The molecule has 1 heterocycles. The Bertz CT molecular complexity index is 876. The fourth-order valence-corrected chi connectivity index (χ4v) is 3.47. The molecule has 27 heavy (non-hydrogen) atoms. The smallest absolute Gasteiger partial charge is 0.341 e. The Kier molecular flexibility index (Phi) is 8.04. The number of halogens is 1. The minimum Gasteiger partial charge on any atom is -0.465 e. The minimum atomic E-state index is -3.93. The Morgan fingerprint density at radius 2 is 1.78 bits per heavy atom. The van der Waals surface area contributed by atoms with Gasteiger partial charge in [-0.15, -0.1) is 12.4 Å². The average Bonchev–Trinajstić information content (AvgIpc) is 3.01. The predicted molar refractivity (Wildman–Crippen MR) is 105 cm³/mol. The molecule has 0 aliphatic carbocycles. The van der Waals surface area contributed by atoms with Crippen molar-refractivity contribution in [2.75, 3.05) is 13.7 Å². The highest BCUT2D eigenvalue weighted by molar-refractivity contribution is 7.89. The van der Waals surface area contributed by atoms with E-state index in [1.807, 2.05) is 24.3 Å². The van der Waals surface area contributed by atoms with E-state index >= 15 is 0 Å². The number of sulfonamides is 1. The molecule has 0 spiro atoms. The van der Waals surface area contributed by atoms with Gasteiger partial charge in [-0.05, 0) is 24.0 Å². The molecule has 1 aromatic carbocycles. The minimum absolute atomic E-state index is 0. The number of furan rings is 1. The zero-order valence-corrected chi connectivity index (χ0v) is 17.3. The summed E-state index contributed by atoms with van der Waals surface area (Å²) in [5.41, 5.74) is 8.16. The zero-order chi connectivity index (χ0) is 19.5. The molecule has 1 unspecified atom stereocenters. The molecular formula is C18H25ClN2O5S. The van der Waals surface area contributed by atoms with Crippen molar-refractivity contribution in [3.05, 3.63) is 52.8 Å². The van der Waals surface area contributed by atoms with E-state index in [-0.39, 0.29) is 35.4 Å². The van der Waals surface area contributed by atoms with Gasteiger partial charge in [0.25, 0.3) is 10.0 Å². The molecule has 0 radical (unpaired) electrons. The maximum absolute atomic E-state index is 12.4. The third kappa shape index (κ3) is 5.55. The lowest BCUT2D eigenvalue weighted by Crippen LogP contribution is -2.31. The monoisotopic (exact) mass is 416 g/mol. The first-order valence-electron chi connectivity index (χ1n) is 8.19. The van der Waals surface area contributed by atoms with Crippen molar-refractivity contribution in [3.8, 4) is 0 Å². The third-order valence-electron chi connectivity index (χ3n) is 4.09. The van der Waals surface area contributed by atoms with Crippen LogP contribution in [0.25, 0.3) is 0 Å². The largest absolute Gasteiger partial charge is 0.465 e. The molecule has 0 saturated heterocycles. The van der Waals surface area contributed by atoms with Crippen LogP contribution in [-0.4, -0.2) is 28.0 Å². The summed E-state index contributed by atoms with van der Waals surface area (Å²) in [5, 5.41) is -0.349. The van der Waals surface area contributed by atoms with Gasteiger partial charge < -0.3 is 14.9 Å². The van der Waals surface area contributed by atoms with Crippen LogP contribution < -0.4 is 10.5 Å². The van der Waals surface area contributed by atoms with Crippen LogP contribution in [0, 0.1) is 6.92 Å². The van der Waals surface area contributed by atoms with Gasteiger partial charge in [-0.2, -0.15) is 0 Å². The van der Waals surface area contributed by atoms with Gasteiger partial charge >= 0.3 is 5.97 Å². The Morgan fingerprint density at radius 3 is 2.30 bits per heavy atom. The maximum atomic E-state index is 12.4. The van der Waals surface area contributed by atoms with E-state index < -0.39 is 22.0 Å². The SMILES string of the molecule is COC(=O)c1cc(S(=O)(=O)NCC(N)c2ccc(C(C)C)cc2)oc1C.Cl. The van der Waals surface area contributed by atoms with Crippen molar-refractivity contribution in [3.63, 3.8) is 0 Å². The molecule has 2 rings (SSSR count). The van der Waals surface area contributed by atoms with Crippen LogP contribution in [0.2, 0.25) is 0 Å². The summed E-state index contributed by atoms with van der Waals surface area (Å²) >= 11 is 0. The van der Waals surface area contributed by atoms with Crippen molar-refractivity contribution in [2.24, 2.45) is 5.73 Å². The first kappa shape index (κ1) is 23.2. The topological polar surface area (TPSA) is 112 Å². The number of hydrogen-bond donors (Lipinski definition) is 2. The van der Waals surface area contributed by atoms with Crippen molar-refractivity contribution in [1.82, 2.24) is 4.72 Å². The molecule has 0 aliphatic heterocycles. The summed E-state index contributed by atoms with van der Waals surface area (Å²) in [4.78, 5) is 11.6. The highest BCUT2D eigenvalue weighted by Gasteiger charge is 2.24. The summed E-state index contributed by atoms with van der Waals surface area (Å²) in [5.74, 6) is -0.0783. The molecule has 0 aliphatic rings. The molecule has 150 valence electrons. The number of methoxy groups -OCH3 is 1. The van der Waals surface area contributed by atoms with Crippen molar-refractivity contribution >= 4 is 28.4 Å². The average molecular weight is 417 g/mol. The van der Waals surface area contributed by atoms with Gasteiger partial charge in [0.1, 0.15) is 11.3 Å². The van der Waals surface area contributed by atoms with Gasteiger partial charge in [-0.1, -0.05) is 38.1 Å². The predicted octanol–water partition coefficient (Wildman–Crippen LogP) is 2.90. The van der Waals surface area contributed by atoms with Gasteiger partial charge in [0, 0.05) is 18.7 Å². The van der Waals surface area contributed by atoms with E-state index in [1.165, 1.54) is 19.6 Å². The van der Waals surface area contributed by atoms with Crippen LogP contribution in [0.3, 0.4) is 0 Å². The van der Waals surface area contributed by atoms with E-state index in [9.17, 15) is 13.2 Å². The van der Waals surface area contributed by atoms with Crippen molar-refractivity contribution < 1.29 is 22.4 Å². The number of hydrogen-bond acceptors (Lipinski definition) is 6. The number of rotatable bonds is 7. The lowest BCUT2D eigenvalue weighted by atomic mass is 9.99. The summed E-state index contributed by atoms with van der Waals surface area (Å²) in [7, 11) is -2.72. The van der Waals surface area contributed by atoms with Crippen LogP contribution >= 0.6 is 12.4 Å². The molecular weight excluding hydrogens is 392 g/mol. The van der Waals surface area contributed by atoms with Gasteiger partial charge in [0.05, 0.1) is 7.11 Å². The second kappa shape index (κ2) is 9.36. The van der Waals surface area contributed by atoms with Crippen LogP contribution in [0.5, 0.6) is 0 Å². The van der Waals surface area contributed by atoms with E-state index in [0.717, 1.165) is 11.6 Å². The molecule has 0 saturated carbocycles. The molecule has 0 bridgehead atoms. The van der Waals surface area contributed by atoms with Gasteiger partial charge in [0.15, 0.2) is 0 Å². The lowest BCUT2D eigenvalue weighted by Gasteiger charge is -2.14. The fourth-order valence-electron chi connectivity index (χ4n) is 2.42. The van der Waals surface area contributed by atoms with Crippen LogP contribution in [0.15, 0.2) is 39.8 Å². The Balaban J connectivity index is 0.00000364. The van der Waals surface area contributed by atoms with Gasteiger partial charge in [0.2, 0.25) is 5.09 Å². The molecule has 1 atom stereocenters. The summed E-state index contributed by atoms with van der Waals surface area (Å²) in [6, 6.07) is 8.37. The number of aryl methyl sites for hydroxylation is 1. The number of nitrogens with one attached hydrogen (secondary N) is 1. The second-order valence-electron chi connectivity index (χ2n) is 6.31. The Labute approximate surface area is 165 Å². The molecule has 3 N–H and O–H groups in total. The van der Waals surface area contributed by atoms with E-state index in [4.69, 9.17) is 10.2 Å². The Hall–Kier alpha value is -1.87. The molecule has 2 aromatic rings. The standard InChI is InChI=1S/C18H24N2O5S.ClH/c1-11(2)13-5-7-14(8-6-13)16(19)10-20-26(22,23)17-9-15(12(3)25-17)18(21)24-4;/h5-9,11,16,20H,10,19H2,1-4H3;1H. The van der Waals surface area contributed by atoms with E-state index in [1.54, 1.807) is 0 Å². The normalized spacial score (nSPS) is 12.5. The van der Waals surface area contributed by atoms with Crippen molar-refractivity contribution in [1.29, 1.82) is 0 Å². The second-order valence-corrected chi connectivity index (χ2v) is 8.00. The third-order valence-corrected chi connectivity index (χ3v) is 5.37. The first-order valence-corrected chi connectivity index (χ1v) is 9.68. The first-order chi connectivity index (χ1) is 12.2. The number of carbonyl (C=O) groups excluding carboxylic acids is 1. The molecule has 1 aromatic heterocycles. The quantitative estimate of drug-likeness (QED) is 0.671. The summed E-state index contributed by atoms with van der Waals surface area (Å²) in [6.45, 7) is 5.68. The summed E-state index contributed by atoms with van der Waals surface area (Å²) < 4.78 is 36.9. The Morgan fingerprint density at radius 1 is 1.22 bits per heavy atom. The summed E-state index contributed by atoms with van der Waals surface area (Å²) in [6.07, 6.45) is 0.